The number of aromatic nitrogens is 4. The first-order chi connectivity index (χ1) is 28.9. The number of nitrogens with zero attached hydrogens (tertiary/aromatic N) is 5. The lowest BCUT2D eigenvalue weighted by Gasteiger charge is -2.26. The number of carbonyl (C=O) groups excluding carboxylic acids is 1. The molecule has 0 bridgehead atoms. The summed E-state index contributed by atoms with van der Waals surface area (Å²) in [5.41, 5.74) is -1.41. The lowest BCUT2D eigenvalue weighted by atomic mass is 10.0. The third-order valence-electron chi connectivity index (χ3n) is 9.80. The van der Waals surface area contributed by atoms with Gasteiger partial charge in [-0.15, -0.1) is 0 Å². The van der Waals surface area contributed by atoms with Gasteiger partial charge in [0.1, 0.15) is 41.1 Å². The van der Waals surface area contributed by atoms with Crippen LogP contribution >= 0.6 is 11.6 Å². The van der Waals surface area contributed by atoms with Crippen LogP contribution in [0, 0.1) is 11.6 Å². The van der Waals surface area contributed by atoms with E-state index in [0.717, 1.165) is 25.7 Å². The van der Waals surface area contributed by atoms with Crippen molar-refractivity contribution in [3.63, 3.8) is 0 Å². The first-order valence-corrected chi connectivity index (χ1v) is 20.9. The number of alkyl halides is 2. The van der Waals surface area contributed by atoms with E-state index in [-0.39, 0.29) is 62.7 Å². The smallest absolute Gasteiger partial charge is 0.408 e. The van der Waals surface area contributed by atoms with Crippen molar-refractivity contribution in [3.8, 4) is 17.2 Å². The number of nitrogens with one attached hydrogen (secondary N) is 1. The Morgan fingerprint density at radius 1 is 0.951 bits per heavy atom. The van der Waals surface area contributed by atoms with E-state index in [1.807, 2.05) is 0 Å². The van der Waals surface area contributed by atoms with Crippen LogP contribution < -0.4 is 24.7 Å². The lowest BCUT2D eigenvalue weighted by Crippen LogP contribution is -2.39. The fraction of sp³-hybridized carbons (Fsp3) is 0.333. The van der Waals surface area contributed by atoms with Crippen LogP contribution in [0.1, 0.15) is 56.6 Å². The molecule has 4 aromatic carbocycles. The number of halogens is 5. The Morgan fingerprint density at radius 2 is 1.61 bits per heavy atom. The summed E-state index contributed by atoms with van der Waals surface area (Å²) in [4.78, 5) is 33.3. The zero-order chi connectivity index (χ0) is 44.0. The molecule has 19 heteroatoms. The summed E-state index contributed by atoms with van der Waals surface area (Å²) < 4.78 is 106. The van der Waals surface area contributed by atoms with Crippen molar-refractivity contribution in [1.82, 2.24) is 24.6 Å². The molecule has 2 heterocycles. The average Bonchev–Trinajstić information content (AvgIpc) is 3.99. The molecule has 322 valence electrons. The highest BCUT2D eigenvalue weighted by atomic mass is 35.5. The van der Waals surface area contributed by atoms with Crippen molar-refractivity contribution in [2.45, 2.75) is 76.4 Å². The van der Waals surface area contributed by atoms with Gasteiger partial charge in [-0.3, -0.25) is 14.0 Å². The van der Waals surface area contributed by atoms with Crippen molar-refractivity contribution in [2.75, 3.05) is 18.5 Å². The molecule has 1 N–H and O–H groups in total. The third-order valence-corrected chi connectivity index (χ3v) is 12.3. The fourth-order valence-electron chi connectivity index (χ4n) is 6.99. The van der Waals surface area contributed by atoms with Crippen molar-refractivity contribution in [3.05, 3.63) is 117 Å². The summed E-state index contributed by atoms with van der Waals surface area (Å²) in [6.07, 6.45) is -3.64. The zero-order valence-corrected chi connectivity index (χ0v) is 35.2. The van der Waals surface area contributed by atoms with Crippen LogP contribution in [0.3, 0.4) is 0 Å². The number of alkyl carbamates (subject to hydrolysis) is 1. The molecule has 0 aliphatic heterocycles. The molecule has 1 aliphatic carbocycles. The Labute approximate surface area is 352 Å². The predicted octanol–water partition coefficient (Wildman–Crippen LogP) is 8.26. The Bertz CT molecular complexity index is 2790. The molecular weight excluding hydrogens is 844 g/mol. The number of rotatable bonds is 14. The molecule has 1 amide bonds. The molecule has 1 atom stereocenters. The van der Waals surface area contributed by atoms with Crippen molar-refractivity contribution in [1.29, 1.82) is 0 Å². The minimum Gasteiger partial charge on any atom is -0.497 e. The Balaban J connectivity index is 1.53. The molecule has 0 saturated heterocycles. The number of methoxy groups -OCH3 is 2. The number of benzene rings is 4. The summed E-state index contributed by atoms with van der Waals surface area (Å²) in [5.74, 6) is -1.49. The Morgan fingerprint density at radius 3 is 2.21 bits per heavy atom. The summed E-state index contributed by atoms with van der Waals surface area (Å²) in [7, 11) is -1.28. The maximum absolute atomic E-state index is 15.0. The van der Waals surface area contributed by atoms with Crippen LogP contribution in [-0.2, 0) is 34.3 Å². The SMILES string of the molecule is COc1ccc(CN(c2nn(CC(F)F)c3c(-n4c([C@H](Cc5cc(F)cc(F)c5)NC(=O)OC(C)(C)C)nc5cc(OC)ccc5c4=O)ccc(Cl)c23)S(=O)(=O)C2CC2)cc1. The average molecular weight is 885 g/mol. The number of sulfonamides is 1. The zero-order valence-electron chi connectivity index (χ0n) is 33.6. The largest absolute Gasteiger partial charge is 0.497 e. The van der Waals surface area contributed by atoms with E-state index in [9.17, 15) is 35.6 Å². The van der Waals surface area contributed by atoms with Gasteiger partial charge < -0.3 is 19.5 Å². The van der Waals surface area contributed by atoms with Crippen LogP contribution in [0.5, 0.6) is 11.5 Å². The van der Waals surface area contributed by atoms with E-state index in [1.54, 1.807) is 45.0 Å². The monoisotopic (exact) mass is 884 g/mol. The molecule has 0 radical (unpaired) electrons. The maximum Gasteiger partial charge on any atom is 0.408 e. The summed E-state index contributed by atoms with van der Waals surface area (Å²) in [6.45, 7) is 3.53. The number of anilines is 1. The number of carbonyl (C=O) groups is 1. The molecule has 1 aliphatic rings. The molecular formula is C42H41ClF4N6O7S. The lowest BCUT2D eigenvalue weighted by molar-refractivity contribution is 0.0500. The van der Waals surface area contributed by atoms with Gasteiger partial charge in [0.15, 0.2) is 5.82 Å². The standard InChI is InChI=1S/C42H41ClF4N6O7S/c1-42(2,3)60-41(55)49-33(18-24-16-25(44)19-26(45)17-24)38-48-32-20-28(59-5)10-13-30(32)40(54)53(38)34-15-14-31(43)36-37(34)51(22-35(46)47)50-39(36)52(61(56,57)29-11-12-29)21-23-6-8-27(58-4)9-7-23/h6-10,13-17,19-20,29,33,35H,11-12,18,21-22H2,1-5H3,(H,49,55)/t33-/m0/s1. The van der Waals surface area contributed by atoms with Crippen LogP contribution in [0.4, 0.5) is 28.2 Å². The molecule has 13 nitrogen and oxygen atoms in total. The normalized spacial score (nSPS) is 13.8. The third kappa shape index (κ3) is 9.24. The Kier molecular flexibility index (Phi) is 12.0. The molecule has 0 spiro atoms. The predicted molar refractivity (Wildman–Crippen MR) is 221 cm³/mol. The van der Waals surface area contributed by atoms with Crippen LogP contribution in [0.25, 0.3) is 27.5 Å². The minimum atomic E-state index is -4.17. The highest BCUT2D eigenvalue weighted by Crippen LogP contribution is 2.42. The number of fused-ring (bicyclic) bond motifs is 2. The molecule has 0 unspecified atom stereocenters. The second kappa shape index (κ2) is 16.9. The maximum atomic E-state index is 15.0. The Hall–Kier alpha value is -5.88. The highest BCUT2D eigenvalue weighted by molar-refractivity contribution is 7.93. The van der Waals surface area contributed by atoms with Gasteiger partial charge in [0.05, 0.1) is 64.6 Å². The number of hydrogen-bond donors (Lipinski definition) is 1. The van der Waals surface area contributed by atoms with Crippen molar-refractivity contribution < 1.29 is 45.0 Å². The molecule has 1 fully saturated rings. The second-order valence-electron chi connectivity index (χ2n) is 15.5. The summed E-state index contributed by atoms with van der Waals surface area (Å²) >= 11 is 6.90. The van der Waals surface area contributed by atoms with E-state index >= 15 is 0 Å². The number of hydrogen-bond acceptors (Lipinski definition) is 9. The van der Waals surface area contributed by atoms with E-state index < -0.39 is 63.2 Å². The molecule has 61 heavy (non-hydrogen) atoms. The first-order valence-electron chi connectivity index (χ1n) is 19.0. The van der Waals surface area contributed by atoms with Gasteiger partial charge in [0.2, 0.25) is 10.0 Å². The van der Waals surface area contributed by atoms with Crippen LogP contribution in [-0.4, -0.2) is 65.3 Å². The summed E-state index contributed by atoms with van der Waals surface area (Å²) in [5, 5.41) is 6.29. The van der Waals surface area contributed by atoms with Gasteiger partial charge in [-0.25, -0.2) is 40.1 Å². The van der Waals surface area contributed by atoms with Crippen LogP contribution in [0.2, 0.25) is 5.02 Å². The van der Waals surface area contributed by atoms with Gasteiger partial charge in [0, 0.05) is 18.6 Å². The van der Waals surface area contributed by atoms with Gasteiger partial charge in [-0.05, 0) is 93.3 Å². The van der Waals surface area contributed by atoms with Crippen molar-refractivity contribution >= 4 is 55.3 Å². The number of amides is 1. The first kappa shape index (κ1) is 43.2. The van der Waals surface area contributed by atoms with E-state index in [1.165, 1.54) is 44.6 Å². The van der Waals surface area contributed by atoms with Gasteiger partial charge in [0.25, 0.3) is 12.0 Å². The fourth-order valence-corrected chi connectivity index (χ4v) is 9.01. The minimum absolute atomic E-state index is 0.0260. The molecule has 7 rings (SSSR count). The van der Waals surface area contributed by atoms with Crippen molar-refractivity contribution in [2.24, 2.45) is 0 Å². The topological polar surface area (TPSA) is 147 Å². The van der Waals surface area contributed by atoms with Gasteiger partial charge in [-0.2, -0.15) is 5.10 Å². The van der Waals surface area contributed by atoms with Gasteiger partial charge in [-0.1, -0.05) is 23.7 Å². The molecule has 1 saturated carbocycles. The number of ether oxygens (including phenoxy) is 3. The van der Waals surface area contributed by atoms with Gasteiger partial charge >= 0.3 is 6.09 Å². The van der Waals surface area contributed by atoms with E-state index in [0.29, 0.717) is 36.0 Å². The highest BCUT2D eigenvalue weighted by Gasteiger charge is 2.42. The van der Waals surface area contributed by atoms with Crippen LogP contribution in [0.15, 0.2) is 77.6 Å². The second-order valence-corrected chi connectivity index (χ2v) is 18.0. The van der Waals surface area contributed by atoms with E-state index in [4.69, 9.17) is 30.8 Å². The quantitative estimate of drug-likeness (QED) is 0.107. The summed E-state index contributed by atoms with van der Waals surface area (Å²) in [6, 6.07) is 15.1. The molecule has 2 aromatic heterocycles. The molecule has 6 aromatic rings. The van der Waals surface area contributed by atoms with E-state index in [2.05, 4.69) is 10.4 Å².